The van der Waals surface area contributed by atoms with Gasteiger partial charge in [0.15, 0.2) is 11.6 Å². The Morgan fingerprint density at radius 2 is 2.17 bits per heavy atom. The molecule has 0 radical (unpaired) electrons. The van der Waals surface area contributed by atoms with E-state index in [0.717, 1.165) is 11.8 Å². The molecule has 3 atom stereocenters. The SMILES string of the molecule is CNc1nc(NC2CCC3CCCC32)ncc1F. The summed E-state index contributed by atoms with van der Waals surface area (Å²) in [6.07, 6.45) is 7.74. The standard InChI is InChI=1S/C13H19FN4/c1-15-12-10(14)7-16-13(18-12)17-11-6-5-8-3-2-4-9(8)11/h7-9,11H,2-6H2,1H3,(H2,15,16,17,18). The first-order valence-corrected chi connectivity index (χ1v) is 6.75. The van der Waals surface area contributed by atoms with Crippen LogP contribution in [0.1, 0.15) is 32.1 Å². The van der Waals surface area contributed by atoms with E-state index in [0.29, 0.717) is 12.0 Å². The van der Waals surface area contributed by atoms with E-state index >= 15 is 0 Å². The van der Waals surface area contributed by atoms with Crippen molar-refractivity contribution in [3.63, 3.8) is 0 Å². The van der Waals surface area contributed by atoms with Crippen molar-refractivity contribution in [3.8, 4) is 0 Å². The summed E-state index contributed by atoms with van der Waals surface area (Å²) in [6.45, 7) is 0. The maximum atomic E-state index is 13.3. The van der Waals surface area contributed by atoms with E-state index in [9.17, 15) is 4.39 Å². The Bertz CT molecular complexity index is 437. The molecule has 0 saturated heterocycles. The molecule has 1 aromatic rings. The number of halogens is 1. The van der Waals surface area contributed by atoms with Gasteiger partial charge in [-0.3, -0.25) is 0 Å². The molecule has 1 heterocycles. The number of rotatable bonds is 3. The number of fused-ring (bicyclic) bond motifs is 1. The Balaban J connectivity index is 1.72. The molecular weight excluding hydrogens is 231 g/mol. The van der Waals surface area contributed by atoms with Crippen LogP contribution in [0.4, 0.5) is 16.2 Å². The van der Waals surface area contributed by atoms with E-state index in [2.05, 4.69) is 20.6 Å². The van der Waals surface area contributed by atoms with Crippen LogP contribution in [-0.4, -0.2) is 23.1 Å². The number of nitrogens with zero attached hydrogens (tertiary/aromatic N) is 2. The van der Waals surface area contributed by atoms with Crippen molar-refractivity contribution in [2.45, 2.75) is 38.1 Å². The van der Waals surface area contributed by atoms with Crippen molar-refractivity contribution in [1.29, 1.82) is 0 Å². The molecule has 4 nitrogen and oxygen atoms in total. The fraction of sp³-hybridized carbons (Fsp3) is 0.692. The van der Waals surface area contributed by atoms with Crippen LogP contribution in [0.25, 0.3) is 0 Å². The molecule has 2 aliphatic carbocycles. The summed E-state index contributed by atoms with van der Waals surface area (Å²) in [5, 5.41) is 6.13. The summed E-state index contributed by atoms with van der Waals surface area (Å²) in [6, 6.07) is 0.465. The van der Waals surface area contributed by atoms with Crippen molar-refractivity contribution in [3.05, 3.63) is 12.0 Å². The number of aromatic nitrogens is 2. The Labute approximate surface area is 106 Å². The number of nitrogens with one attached hydrogen (secondary N) is 2. The third kappa shape index (κ3) is 2.02. The van der Waals surface area contributed by atoms with E-state index in [1.54, 1.807) is 7.05 Å². The molecule has 0 spiro atoms. The van der Waals surface area contributed by atoms with Crippen LogP contribution in [-0.2, 0) is 0 Å². The summed E-state index contributed by atoms with van der Waals surface area (Å²) in [4.78, 5) is 8.19. The molecule has 0 aromatic carbocycles. The van der Waals surface area contributed by atoms with E-state index in [4.69, 9.17) is 0 Å². The van der Waals surface area contributed by atoms with Gasteiger partial charge in [-0.05, 0) is 31.1 Å². The van der Waals surface area contributed by atoms with Crippen LogP contribution in [0.3, 0.4) is 0 Å². The Hall–Kier alpha value is -1.39. The molecule has 2 N–H and O–H groups in total. The highest BCUT2D eigenvalue weighted by atomic mass is 19.1. The number of anilines is 2. The molecule has 98 valence electrons. The second-order valence-corrected chi connectivity index (χ2v) is 5.32. The van der Waals surface area contributed by atoms with Gasteiger partial charge in [0.1, 0.15) is 0 Å². The van der Waals surface area contributed by atoms with Crippen LogP contribution < -0.4 is 10.6 Å². The minimum Gasteiger partial charge on any atom is -0.371 e. The van der Waals surface area contributed by atoms with E-state index in [1.165, 1.54) is 38.3 Å². The molecule has 3 unspecified atom stereocenters. The molecule has 2 aliphatic rings. The normalized spacial score (nSPS) is 30.2. The Morgan fingerprint density at radius 1 is 1.28 bits per heavy atom. The maximum Gasteiger partial charge on any atom is 0.225 e. The second kappa shape index (κ2) is 4.71. The smallest absolute Gasteiger partial charge is 0.225 e. The van der Waals surface area contributed by atoms with E-state index in [-0.39, 0.29) is 5.82 Å². The first-order valence-electron chi connectivity index (χ1n) is 6.75. The molecule has 0 amide bonds. The highest BCUT2D eigenvalue weighted by Crippen LogP contribution is 2.44. The summed E-state index contributed by atoms with van der Waals surface area (Å²) in [7, 11) is 1.66. The third-order valence-corrected chi connectivity index (χ3v) is 4.38. The summed E-state index contributed by atoms with van der Waals surface area (Å²) in [5.41, 5.74) is 0. The van der Waals surface area contributed by atoms with Crippen LogP contribution in [0, 0.1) is 17.7 Å². The first kappa shape index (κ1) is 11.7. The van der Waals surface area contributed by atoms with Crippen LogP contribution in [0.15, 0.2) is 6.20 Å². The Kier molecular flexibility index (Phi) is 3.06. The fourth-order valence-corrected chi connectivity index (χ4v) is 3.52. The zero-order valence-electron chi connectivity index (χ0n) is 10.6. The van der Waals surface area contributed by atoms with Gasteiger partial charge in [0.05, 0.1) is 6.20 Å². The van der Waals surface area contributed by atoms with Gasteiger partial charge in [0.25, 0.3) is 0 Å². The van der Waals surface area contributed by atoms with Gasteiger partial charge in [0.2, 0.25) is 5.95 Å². The van der Waals surface area contributed by atoms with Gasteiger partial charge in [-0.15, -0.1) is 0 Å². The van der Waals surface area contributed by atoms with Crippen LogP contribution >= 0.6 is 0 Å². The van der Waals surface area contributed by atoms with E-state index < -0.39 is 5.82 Å². The summed E-state index contributed by atoms with van der Waals surface area (Å²) in [5.74, 6) is 2.03. The zero-order chi connectivity index (χ0) is 12.5. The lowest BCUT2D eigenvalue weighted by atomic mass is 9.98. The molecule has 5 heteroatoms. The quantitative estimate of drug-likeness (QED) is 0.866. The van der Waals surface area contributed by atoms with Gasteiger partial charge in [-0.25, -0.2) is 9.37 Å². The molecule has 18 heavy (non-hydrogen) atoms. The van der Waals surface area contributed by atoms with E-state index in [1.807, 2.05) is 0 Å². The molecule has 2 saturated carbocycles. The Morgan fingerprint density at radius 3 is 3.00 bits per heavy atom. The molecular formula is C13H19FN4. The predicted molar refractivity (Wildman–Crippen MR) is 69.0 cm³/mol. The molecule has 3 rings (SSSR count). The highest BCUT2D eigenvalue weighted by molar-refractivity contribution is 5.41. The van der Waals surface area contributed by atoms with Crippen LogP contribution in [0.2, 0.25) is 0 Å². The minimum atomic E-state index is -0.409. The molecule has 0 aliphatic heterocycles. The van der Waals surface area contributed by atoms with Crippen LogP contribution in [0.5, 0.6) is 0 Å². The summed E-state index contributed by atoms with van der Waals surface area (Å²) < 4.78 is 13.3. The highest BCUT2D eigenvalue weighted by Gasteiger charge is 2.39. The van der Waals surface area contributed by atoms with Crippen molar-refractivity contribution < 1.29 is 4.39 Å². The minimum absolute atomic E-state index is 0.258. The van der Waals surface area contributed by atoms with Gasteiger partial charge in [-0.1, -0.05) is 12.8 Å². The topological polar surface area (TPSA) is 49.8 Å². The molecule has 2 fully saturated rings. The maximum absolute atomic E-state index is 13.3. The average Bonchev–Trinajstić information content (AvgIpc) is 2.96. The number of hydrogen-bond acceptors (Lipinski definition) is 4. The predicted octanol–water partition coefficient (Wildman–Crippen LogP) is 2.65. The van der Waals surface area contributed by atoms with Crippen molar-refractivity contribution in [2.24, 2.45) is 11.8 Å². The fourth-order valence-electron chi connectivity index (χ4n) is 3.52. The largest absolute Gasteiger partial charge is 0.371 e. The first-order chi connectivity index (χ1) is 8.78. The molecule has 1 aromatic heterocycles. The van der Waals surface area contributed by atoms with Crippen molar-refractivity contribution >= 4 is 11.8 Å². The van der Waals surface area contributed by atoms with Gasteiger partial charge in [-0.2, -0.15) is 4.98 Å². The zero-order valence-corrected chi connectivity index (χ0v) is 10.6. The second-order valence-electron chi connectivity index (χ2n) is 5.32. The third-order valence-electron chi connectivity index (χ3n) is 4.38. The van der Waals surface area contributed by atoms with Gasteiger partial charge < -0.3 is 10.6 Å². The lowest BCUT2D eigenvalue weighted by Crippen LogP contribution is -2.25. The molecule has 0 bridgehead atoms. The van der Waals surface area contributed by atoms with Crippen molar-refractivity contribution in [2.75, 3.05) is 17.7 Å². The van der Waals surface area contributed by atoms with Gasteiger partial charge in [0, 0.05) is 13.1 Å². The summed E-state index contributed by atoms with van der Waals surface area (Å²) >= 11 is 0. The van der Waals surface area contributed by atoms with Gasteiger partial charge >= 0.3 is 0 Å². The lowest BCUT2D eigenvalue weighted by molar-refractivity contribution is 0.434. The monoisotopic (exact) mass is 250 g/mol. The number of hydrogen-bond donors (Lipinski definition) is 2. The lowest BCUT2D eigenvalue weighted by Gasteiger charge is -2.20. The van der Waals surface area contributed by atoms with Crippen molar-refractivity contribution in [1.82, 2.24) is 9.97 Å². The average molecular weight is 250 g/mol.